The van der Waals surface area contributed by atoms with E-state index in [1.165, 1.54) is 9.21 Å². The molecule has 0 bridgehead atoms. The van der Waals surface area contributed by atoms with Crippen LogP contribution in [0.4, 0.5) is 5.82 Å². The van der Waals surface area contributed by atoms with Crippen LogP contribution >= 0.6 is 0 Å². The van der Waals surface area contributed by atoms with E-state index in [1.54, 1.807) is 48.5 Å². The Balaban J connectivity index is 1.84. The number of pyridine rings is 1. The first-order valence-corrected chi connectivity index (χ1v) is 10.3. The zero-order valence-electron chi connectivity index (χ0n) is 15.6. The van der Waals surface area contributed by atoms with Gasteiger partial charge in [0.25, 0.3) is 5.91 Å². The van der Waals surface area contributed by atoms with Crippen LogP contribution in [0.2, 0.25) is 0 Å². The molecule has 2 amide bonds. The molecule has 2 aromatic heterocycles. The normalized spacial score (nSPS) is 15.9. The Bertz CT molecular complexity index is 977. The summed E-state index contributed by atoms with van der Waals surface area (Å²) < 4.78 is 27.1. The number of aryl methyl sites for hydroxylation is 1. The molecule has 0 atom stereocenters. The molecule has 9 nitrogen and oxygen atoms in total. The lowest BCUT2D eigenvalue weighted by molar-refractivity contribution is -0.107. The van der Waals surface area contributed by atoms with Crippen LogP contribution in [-0.2, 0) is 14.8 Å². The first kappa shape index (κ1) is 19.3. The number of hydrogen-bond donors (Lipinski definition) is 0. The third-order valence-corrected chi connectivity index (χ3v) is 6.67. The summed E-state index contributed by atoms with van der Waals surface area (Å²) in [7, 11) is -1.60. The summed E-state index contributed by atoms with van der Waals surface area (Å²) in [6.07, 6.45) is 2.36. The van der Waals surface area contributed by atoms with Gasteiger partial charge in [0.15, 0.2) is 0 Å². The number of sulfonamides is 1. The number of amides is 2. The summed E-state index contributed by atoms with van der Waals surface area (Å²) in [5, 5.41) is 0. The molecule has 0 spiro atoms. The first-order chi connectivity index (χ1) is 12.8. The lowest BCUT2D eigenvalue weighted by Gasteiger charge is -2.33. The molecule has 0 aliphatic carbocycles. The Morgan fingerprint density at radius 1 is 1.26 bits per heavy atom. The highest BCUT2D eigenvalue weighted by Gasteiger charge is 2.28. The number of hydrogen-bond acceptors (Lipinski definition) is 5. The largest absolute Gasteiger partial charge is 0.336 e. The molecule has 10 heteroatoms. The van der Waals surface area contributed by atoms with Crippen molar-refractivity contribution in [3.8, 4) is 0 Å². The Labute approximate surface area is 158 Å². The van der Waals surface area contributed by atoms with Crippen molar-refractivity contribution < 1.29 is 18.0 Å². The molecule has 27 heavy (non-hydrogen) atoms. The van der Waals surface area contributed by atoms with Gasteiger partial charge < -0.3 is 9.80 Å². The quantitative estimate of drug-likeness (QED) is 0.683. The number of carbonyl (C=O) groups excluding carboxylic acids is 2. The number of carbonyl (C=O) groups is 2. The minimum absolute atomic E-state index is 0.0601. The van der Waals surface area contributed by atoms with Crippen molar-refractivity contribution in [3.05, 3.63) is 29.6 Å². The van der Waals surface area contributed by atoms with Crippen molar-refractivity contribution in [2.45, 2.75) is 13.8 Å². The molecule has 146 valence electrons. The predicted octanol–water partition coefficient (Wildman–Crippen LogP) is 0.343. The molecule has 0 radical (unpaired) electrons. The van der Waals surface area contributed by atoms with Gasteiger partial charge in [0, 0.05) is 39.4 Å². The van der Waals surface area contributed by atoms with Crippen LogP contribution in [0.1, 0.15) is 23.0 Å². The van der Waals surface area contributed by atoms with Gasteiger partial charge in [-0.3, -0.25) is 14.0 Å². The van der Waals surface area contributed by atoms with E-state index < -0.39 is 10.0 Å². The van der Waals surface area contributed by atoms with E-state index in [-0.39, 0.29) is 11.7 Å². The fourth-order valence-corrected chi connectivity index (χ4v) is 4.37. The van der Waals surface area contributed by atoms with Crippen LogP contribution in [0, 0.1) is 6.92 Å². The van der Waals surface area contributed by atoms with Crippen molar-refractivity contribution >= 4 is 33.8 Å². The molecule has 3 heterocycles. The predicted molar refractivity (Wildman–Crippen MR) is 101 cm³/mol. The van der Waals surface area contributed by atoms with Crippen LogP contribution in [0.3, 0.4) is 0 Å². The van der Waals surface area contributed by atoms with Crippen molar-refractivity contribution in [3.63, 3.8) is 0 Å². The molecule has 1 fully saturated rings. The van der Waals surface area contributed by atoms with E-state index in [9.17, 15) is 18.0 Å². The number of nitrogens with zero attached hydrogens (tertiary/aromatic N) is 5. The van der Waals surface area contributed by atoms with E-state index in [0.717, 1.165) is 0 Å². The number of imidazole rings is 1. The molecule has 0 saturated carbocycles. The maximum Gasteiger partial charge on any atom is 0.255 e. The lowest BCUT2D eigenvalue weighted by Crippen LogP contribution is -2.50. The van der Waals surface area contributed by atoms with Gasteiger partial charge in [0.2, 0.25) is 16.4 Å². The summed E-state index contributed by atoms with van der Waals surface area (Å²) in [6.45, 7) is 4.71. The Morgan fingerprint density at radius 3 is 2.52 bits per heavy atom. The highest BCUT2D eigenvalue weighted by molar-refractivity contribution is 7.89. The van der Waals surface area contributed by atoms with Gasteiger partial charge in [-0.15, -0.1) is 0 Å². The fraction of sp³-hybridized carbons (Fsp3) is 0.471. The summed E-state index contributed by atoms with van der Waals surface area (Å²) in [5.41, 5.74) is 1.80. The highest BCUT2D eigenvalue weighted by atomic mass is 32.2. The van der Waals surface area contributed by atoms with Crippen LogP contribution in [-0.4, -0.2) is 78.3 Å². The zero-order valence-corrected chi connectivity index (χ0v) is 16.4. The fourth-order valence-electron chi connectivity index (χ4n) is 3.29. The third kappa shape index (κ3) is 3.54. The van der Waals surface area contributed by atoms with Crippen LogP contribution in [0.25, 0.3) is 5.65 Å². The van der Waals surface area contributed by atoms with Gasteiger partial charge in [-0.1, -0.05) is 0 Å². The standard InChI is InChI=1S/C17H23N5O4S/c1-4-27(25,26)21-9-7-20(8-10-21)17(24)14-5-6-15-18-13(2)16(19(3)12-23)22(15)11-14/h5-6,11-12H,4,7-10H2,1-3H3. The summed E-state index contributed by atoms with van der Waals surface area (Å²) in [6, 6.07) is 3.43. The van der Waals surface area contributed by atoms with Gasteiger partial charge >= 0.3 is 0 Å². The van der Waals surface area contributed by atoms with E-state index in [4.69, 9.17) is 0 Å². The SMILES string of the molecule is CCS(=O)(=O)N1CCN(C(=O)c2ccc3nc(C)c(N(C)C=O)n3c2)CC1. The molecule has 3 rings (SSSR count). The van der Waals surface area contributed by atoms with E-state index in [0.29, 0.717) is 55.3 Å². The lowest BCUT2D eigenvalue weighted by atomic mass is 10.2. The number of rotatable bonds is 5. The first-order valence-electron chi connectivity index (χ1n) is 8.72. The minimum atomic E-state index is -3.23. The molecule has 1 aliphatic heterocycles. The molecular weight excluding hydrogens is 370 g/mol. The van der Waals surface area contributed by atoms with Crippen LogP contribution in [0.5, 0.6) is 0 Å². The number of anilines is 1. The molecule has 0 unspecified atom stereocenters. The molecule has 1 aliphatic rings. The third-order valence-electron chi connectivity index (χ3n) is 4.78. The smallest absolute Gasteiger partial charge is 0.255 e. The van der Waals surface area contributed by atoms with Gasteiger partial charge in [-0.25, -0.2) is 13.4 Å². The minimum Gasteiger partial charge on any atom is -0.336 e. The van der Waals surface area contributed by atoms with Crippen LogP contribution < -0.4 is 4.90 Å². The molecule has 0 N–H and O–H groups in total. The second-order valence-electron chi connectivity index (χ2n) is 6.47. The maximum absolute atomic E-state index is 12.9. The summed E-state index contributed by atoms with van der Waals surface area (Å²) in [5.74, 6) is 0.495. The molecular formula is C17H23N5O4S. The molecule has 1 saturated heterocycles. The second-order valence-corrected chi connectivity index (χ2v) is 8.73. The van der Waals surface area contributed by atoms with Gasteiger partial charge in [-0.2, -0.15) is 4.31 Å². The monoisotopic (exact) mass is 393 g/mol. The summed E-state index contributed by atoms with van der Waals surface area (Å²) in [4.78, 5) is 31.5. The van der Waals surface area contributed by atoms with E-state index >= 15 is 0 Å². The number of piperazine rings is 1. The van der Waals surface area contributed by atoms with Crippen LogP contribution in [0.15, 0.2) is 18.3 Å². The van der Waals surface area contributed by atoms with Crippen molar-refractivity contribution in [1.82, 2.24) is 18.6 Å². The Hall–Kier alpha value is -2.46. The number of fused-ring (bicyclic) bond motifs is 1. The number of aromatic nitrogens is 2. The average molecular weight is 393 g/mol. The molecule has 0 aromatic carbocycles. The molecule has 2 aromatic rings. The van der Waals surface area contributed by atoms with Gasteiger partial charge in [0.05, 0.1) is 17.0 Å². The average Bonchev–Trinajstić information content (AvgIpc) is 3.01. The van der Waals surface area contributed by atoms with E-state index in [2.05, 4.69) is 4.98 Å². The van der Waals surface area contributed by atoms with Crippen molar-refractivity contribution in [2.75, 3.05) is 43.9 Å². The Kier molecular flexibility index (Phi) is 5.20. The van der Waals surface area contributed by atoms with Gasteiger partial charge in [-0.05, 0) is 26.0 Å². The van der Waals surface area contributed by atoms with Crippen molar-refractivity contribution in [1.29, 1.82) is 0 Å². The van der Waals surface area contributed by atoms with Crippen molar-refractivity contribution in [2.24, 2.45) is 0 Å². The maximum atomic E-state index is 12.9. The zero-order chi connectivity index (χ0) is 19.8. The van der Waals surface area contributed by atoms with E-state index in [1.807, 2.05) is 0 Å². The Morgan fingerprint density at radius 2 is 1.93 bits per heavy atom. The highest BCUT2D eigenvalue weighted by Crippen LogP contribution is 2.21. The topological polar surface area (TPSA) is 95.3 Å². The summed E-state index contributed by atoms with van der Waals surface area (Å²) >= 11 is 0. The van der Waals surface area contributed by atoms with Gasteiger partial charge in [0.1, 0.15) is 11.5 Å². The second kappa shape index (κ2) is 7.28.